The number of nitriles is 1. The number of nitrogens with zero attached hydrogens (tertiary/aromatic N) is 4. The Balaban J connectivity index is 2.08. The molecule has 0 aliphatic carbocycles. The maximum absolute atomic E-state index is 10.7. The average Bonchev–Trinajstić information content (AvgIpc) is 2.84. The van der Waals surface area contributed by atoms with Crippen LogP contribution < -0.4 is 5.32 Å². The molecule has 0 spiro atoms. The molecule has 0 bridgehead atoms. The number of thiazole rings is 1. The minimum atomic E-state index is -1.05. The minimum absolute atomic E-state index is 0.0182. The summed E-state index contributed by atoms with van der Waals surface area (Å²) in [5.74, 6) is -0.732. The standard InChI is InChI=1S/C11H9N5O2S/c1-6-2-7(3-12)15-11(14-6)13-4-9-16-8(5-19-9)10(17)18/h2,5H,4H2,1H3,(H,17,18)(H,13,14,15). The molecule has 2 N–H and O–H groups in total. The lowest BCUT2D eigenvalue weighted by molar-refractivity contribution is 0.0691. The summed E-state index contributed by atoms with van der Waals surface area (Å²) in [6.45, 7) is 2.08. The summed E-state index contributed by atoms with van der Waals surface area (Å²) in [7, 11) is 0. The fraction of sp³-hybridized carbons (Fsp3) is 0.182. The van der Waals surface area contributed by atoms with Crippen LogP contribution in [0.3, 0.4) is 0 Å². The maximum Gasteiger partial charge on any atom is 0.355 e. The Bertz CT molecular complexity index is 661. The molecule has 96 valence electrons. The molecule has 2 heterocycles. The van der Waals surface area contributed by atoms with Gasteiger partial charge in [0.2, 0.25) is 5.95 Å². The lowest BCUT2D eigenvalue weighted by atomic mass is 10.3. The summed E-state index contributed by atoms with van der Waals surface area (Å²) in [6, 6.07) is 3.52. The van der Waals surface area contributed by atoms with Gasteiger partial charge in [-0.2, -0.15) is 5.26 Å². The van der Waals surface area contributed by atoms with Gasteiger partial charge in [-0.15, -0.1) is 11.3 Å². The van der Waals surface area contributed by atoms with Gasteiger partial charge in [-0.3, -0.25) is 0 Å². The Morgan fingerprint density at radius 3 is 2.95 bits per heavy atom. The highest BCUT2D eigenvalue weighted by atomic mass is 32.1. The van der Waals surface area contributed by atoms with Crippen molar-refractivity contribution < 1.29 is 9.90 Å². The van der Waals surface area contributed by atoms with Gasteiger partial charge in [-0.25, -0.2) is 19.7 Å². The quantitative estimate of drug-likeness (QED) is 0.867. The Hall–Kier alpha value is -2.53. The fourth-order valence-electron chi connectivity index (χ4n) is 1.35. The molecule has 0 radical (unpaired) electrons. The van der Waals surface area contributed by atoms with Crippen molar-refractivity contribution in [3.05, 3.63) is 33.5 Å². The van der Waals surface area contributed by atoms with Gasteiger partial charge < -0.3 is 10.4 Å². The van der Waals surface area contributed by atoms with E-state index in [0.717, 1.165) is 0 Å². The van der Waals surface area contributed by atoms with E-state index < -0.39 is 5.97 Å². The predicted octanol–water partition coefficient (Wildman–Crippen LogP) is 1.42. The number of anilines is 1. The summed E-state index contributed by atoms with van der Waals surface area (Å²) < 4.78 is 0. The molecule has 2 rings (SSSR count). The Morgan fingerprint density at radius 1 is 1.53 bits per heavy atom. The number of hydrogen-bond acceptors (Lipinski definition) is 7. The van der Waals surface area contributed by atoms with E-state index in [9.17, 15) is 4.79 Å². The van der Waals surface area contributed by atoms with Gasteiger partial charge in [-0.1, -0.05) is 0 Å². The van der Waals surface area contributed by atoms with Crippen LogP contribution in [0.25, 0.3) is 0 Å². The van der Waals surface area contributed by atoms with Gasteiger partial charge in [0.15, 0.2) is 5.69 Å². The van der Waals surface area contributed by atoms with E-state index >= 15 is 0 Å². The highest BCUT2D eigenvalue weighted by molar-refractivity contribution is 7.09. The normalized spacial score (nSPS) is 9.89. The predicted molar refractivity (Wildman–Crippen MR) is 67.9 cm³/mol. The van der Waals surface area contributed by atoms with Gasteiger partial charge in [0.25, 0.3) is 0 Å². The number of aromatic carboxylic acids is 1. The first-order chi connectivity index (χ1) is 9.08. The Kier molecular flexibility index (Phi) is 3.68. The summed E-state index contributed by atoms with van der Waals surface area (Å²) in [5, 5.41) is 22.5. The van der Waals surface area contributed by atoms with Gasteiger partial charge in [0.05, 0.1) is 6.54 Å². The highest BCUT2D eigenvalue weighted by Crippen LogP contribution is 2.12. The van der Waals surface area contributed by atoms with Crippen LogP contribution in [0.15, 0.2) is 11.4 Å². The van der Waals surface area contributed by atoms with Crippen molar-refractivity contribution in [2.24, 2.45) is 0 Å². The third-order valence-corrected chi connectivity index (χ3v) is 2.99. The van der Waals surface area contributed by atoms with Crippen molar-refractivity contribution in [2.45, 2.75) is 13.5 Å². The van der Waals surface area contributed by atoms with Gasteiger partial charge in [0, 0.05) is 11.1 Å². The maximum atomic E-state index is 10.7. The first-order valence-electron chi connectivity index (χ1n) is 5.26. The van der Waals surface area contributed by atoms with E-state index in [4.69, 9.17) is 10.4 Å². The van der Waals surface area contributed by atoms with E-state index in [2.05, 4.69) is 20.3 Å². The second-order valence-electron chi connectivity index (χ2n) is 3.62. The molecule has 0 saturated carbocycles. The van der Waals surface area contributed by atoms with Gasteiger partial charge >= 0.3 is 5.97 Å². The molecule has 0 aliphatic rings. The molecule has 0 amide bonds. The molecule has 19 heavy (non-hydrogen) atoms. The van der Waals surface area contributed by atoms with Crippen LogP contribution in [0.2, 0.25) is 0 Å². The largest absolute Gasteiger partial charge is 0.476 e. The van der Waals surface area contributed by atoms with E-state index in [0.29, 0.717) is 23.2 Å². The third-order valence-electron chi connectivity index (χ3n) is 2.14. The summed E-state index contributed by atoms with van der Waals surface area (Å²) in [4.78, 5) is 22.7. The van der Waals surface area contributed by atoms with Crippen LogP contribution >= 0.6 is 11.3 Å². The van der Waals surface area contributed by atoms with Crippen LogP contribution in [0.5, 0.6) is 0 Å². The molecule has 8 heteroatoms. The molecule has 0 aliphatic heterocycles. The smallest absolute Gasteiger partial charge is 0.355 e. The molecular weight excluding hydrogens is 266 g/mol. The zero-order chi connectivity index (χ0) is 13.8. The summed E-state index contributed by atoms with van der Waals surface area (Å²) in [5.41, 5.74) is 0.976. The Morgan fingerprint density at radius 2 is 2.32 bits per heavy atom. The lowest BCUT2D eigenvalue weighted by Gasteiger charge is -2.03. The molecule has 0 aromatic carbocycles. The molecule has 2 aromatic rings. The molecule has 0 saturated heterocycles. The number of rotatable bonds is 4. The van der Waals surface area contributed by atoms with E-state index in [1.165, 1.54) is 16.7 Å². The van der Waals surface area contributed by atoms with Crippen molar-refractivity contribution in [1.29, 1.82) is 5.26 Å². The monoisotopic (exact) mass is 275 g/mol. The minimum Gasteiger partial charge on any atom is -0.476 e. The summed E-state index contributed by atoms with van der Waals surface area (Å²) in [6.07, 6.45) is 0. The van der Waals surface area contributed by atoms with Crippen molar-refractivity contribution in [3.8, 4) is 6.07 Å². The third kappa shape index (κ3) is 3.23. The first-order valence-corrected chi connectivity index (χ1v) is 6.14. The molecule has 2 aromatic heterocycles. The van der Waals surface area contributed by atoms with Crippen molar-refractivity contribution in [1.82, 2.24) is 15.0 Å². The fourth-order valence-corrected chi connectivity index (χ4v) is 2.06. The zero-order valence-electron chi connectivity index (χ0n) is 9.91. The van der Waals surface area contributed by atoms with Crippen LogP contribution in [0, 0.1) is 18.3 Å². The van der Waals surface area contributed by atoms with Crippen molar-refractivity contribution in [3.63, 3.8) is 0 Å². The lowest BCUT2D eigenvalue weighted by Crippen LogP contribution is -2.06. The van der Waals surface area contributed by atoms with Crippen LogP contribution in [0.1, 0.15) is 26.9 Å². The topological polar surface area (TPSA) is 112 Å². The van der Waals surface area contributed by atoms with Crippen LogP contribution in [0.4, 0.5) is 5.95 Å². The molecule has 0 atom stereocenters. The second-order valence-corrected chi connectivity index (χ2v) is 4.56. The molecule has 7 nitrogen and oxygen atoms in total. The Labute approximate surface area is 112 Å². The summed E-state index contributed by atoms with van der Waals surface area (Å²) >= 11 is 1.24. The van der Waals surface area contributed by atoms with E-state index in [1.807, 2.05) is 6.07 Å². The van der Waals surface area contributed by atoms with E-state index in [-0.39, 0.29) is 11.4 Å². The SMILES string of the molecule is Cc1cc(C#N)nc(NCc2nc(C(=O)O)cs2)n1. The number of carboxylic acids is 1. The average molecular weight is 275 g/mol. The molecule has 0 fully saturated rings. The van der Waals surface area contributed by atoms with Gasteiger partial charge in [-0.05, 0) is 13.0 Å². The number of hydrogen-bond donors (Lipinski definition) is 2. The van der Waals surface area contributed by atoms with Crippen molar-refractivity contribution in [2.75, 3.05) is 5.32 Å². The number of nitrogens with one attached hydrogen (secondary N) is 1. The number of aromatic nitrogens is 3. The number of carboxylic acid groups (broad SMARTS) is 1. The zero-order valence-corrected chi connectivity index (χ0v) is 10.7. The number of aryl methyl sites for hydroxylation is 1. The van der Waals surface area contributed by atoms with Crippen LogP contribution in [-0.2, 0) is 6.54 Å². The van der Waals surface area contributed by atoms with Gasteiger partial charge in [0.1, 0.15) is 16.8 Å². The number of carbonyl (C=O) groups is 1. The van der Waals surface area contributed by atoms with Crippen molar-refractivity contribution >= 4 is 23.3 Å². The van der Waals surface area contributed by atoms with Crippen LogP contribution in [-0.4, -0.2) is 26.0 Å². The second kappa shape index (κ2) is 5.41. The highest BCUT2D eigenvalue weighted by Gasteiger charge is 2.09. The van der Waals surface area contributed by atoms with E-state index in [1.54, 1.807) is 13.0 Å². The first kappa shape index (κ1) is 12.9. The molecular formula is C11H9N5O2S. The molecule has 0 unspecified atom stereocenters.